The molecule has 0 unspecified atom stereocenters. The molecule has 0 aliphatic carbocycles. The number of imide groups is 1. The second-order valence-corrected chi connectivity index (χ2v) is 7.58. The maximum Gasteiger partial charge on any atom is 0.294 e. The van der Waals surface area contributed by atoms with E-state index in [1.807, 2.05) is 42.5 Å². The number of ether oxygens (including phenoxy) is 1. The van der Waals surface area contributed by atoms with Gasteiger partial charge in [0, 0.05) is 11.1 Å². The molecule has 1 fully saturated rings. The van der Waals surface area contributed by atoms with Crippen molar-refractivity contribution in [3.8, 4) is 5.75 Å². The molecule has 150 valence electrons. The Kier molecular flexibility index (Phi) is 5.54. The van der Waals surface area contributed by atoms with Gasteiger partial charge in [0.15, 0.2) is 0 Å². The van der Waals surface area contributed by atoms with Gasteiger partial charge in [0.1, 0.15) is 12.3 Å². The van der Waals surface area contributed by atoms with E-state index in [2.05, 4.69) is 5.32 Å². The van der Waals surface area contributed by atoms with Crippen molar-refractivity contribution in [3.05, 3.63) is 77.2 Å². The molecule has 1 heterocycles. The first-order valence-electron chi connectivity index (χ1n) is 9.23. The Bertz CT molecular complexity index is 1170. The number of rotatable bonds is 5. The molecule has 7 heteroatoms. The molecule has 3 amide bonds. The van der Waals surface area contributed by atoms with E-state index in [-0.39, 0.29) is 11.4 Å². The third-order valence-corrected chi connectivity index (χ3v) is 5.56. The van der Waals surface area contributed by atoms with E-state index in [0.717, 1.165) is 38.7 Å². The van der Waals surface area contributed by atoms with Crippen LogP contribution in [0.3, 0.4) is 0 Å². The number of amides is 3. The number of para-hydroxylation sites is 1. The number of methoxy groups -OCH3 is 1. The van der Waals surface area contributed by atoms with Gasteiger partial charge in [-0.2, -0.15) is 0 Å². The summed E-state index contributed by atoms with van der Waals surface area (Å²) in [6.45, 7) is -0.333. The van der Waals surface area contributed by atoms with Crippen LogP contribution in [0, 0.1) is 0 Å². The number of nitrogens with one attached hydrogen (secondary N) is 1. The molecule has 0 aromatic heterocycles. The van der Waals surface area contributed by atoms with Crippen LogP contribution in [0.5, 0.6) is 5.75 Å². The zero-order valence-corrected chi connectivity index (χ0v) is 16.9. The van der Waals surface area contributed by atoms with Crippen LogP contribution in [0.25, 0.3) is 16.8 Å². The minimum absolute atomic E-state index is 0.280. The highest BCUT2D eigenvalue weighted by Crippen LogP contribution is 2.35. The number of benzene rings is 3. The summed E-state index contributed by atoms with van der Waals surface area (Å²) in [5.41, 5.74) is 1.40. The van der Waals surface area contributed by atoms with Crippen LogP contribution in [0.15, 0.2) is 71.6 Å². The lowest BCUT2D eigenvalue weighted by Crippen LogP contribution is -2.36. The first-order chi connectivity index (χ1) is 14.6. The van der Waals surface area contributed by atoms with Gasteiger partial charge in [-0.25, -0.2) is 0 Å². The molecule has 0 spiro atoms. The Morgan fingerprint density at radius 1 is 1.00 bits per heavy atom. The van der Waals surface area contributed by atoms with Gasteiger partial charge in [0.05, 0.1) is 12.0 Å². The first-order valence-corrected chi connectivity index (χ1v) is 10.0. The van der Waals surface area contributed by atoms with Gasteiger partial charge in [-0.3, -0.25) is 19.3 Å². The van der Waals surface area contributed by atoms with Crippen molar-refractivity contribution >= 4 is 51.4 Å². The van der Waals surface area contributed by atoms with Gasteiger partial charge >= 0.3 is 0 Å². The predicted molar refractivity (Wildman–Crippen MR) is 118 cm³/mol. The fourth-order valence-electron chi connectivity index (χ4n) is 3.24. The van der Waals surface area contributed by atoms with E-state index in [9.17, 15) is 14.4 Å². The van der Waals surface area contributed by atoms with Gasteiger partial charge < -0.3 is 10.1 Å². The fraction of sp³-hybridized carbons (Fsp3) is 0.0870. The second-order valence-electron chi connectivity index (χ2n) is 6.58. The normalized spacial score (nSPS) is 15.1. The number of fused-ring (bicyclic) bond motifs is 1. The lowest BCUT2D eigenvalue weighted by atomic mass is 10.0. The highest BCUT2D eigenvalue weighted by atomic mass is 32.2. The third kappa shape index (κ3) is 3.92. The lowest BCUT2D eigenvalue weighted by Gasteiger charge is -2.12. The number of hydrogen-bond acceptors (Lipinski definition) is 5. The van der Waals surface area contributed by atoms with Crippen molar-refractivity contribution in [2.24, 2.45) is 0 Å². The average molecular weight is 418 g/mol. The highest BCUT2D eigenvalue weighted by Gasteiger charge is 2.36. The summed E-state index contributed by atoms with van der Waals surface area (Å²) in [6, 6.07) is 20.2. The summed E-state index contributed by atoms with van der Waals surface area (Å²) in [5, 5.41) is 4.04. The van der Waals surface area contributed by atoms with Crippen molar-refractivity contribution in [1.29, 1.82) is 0 Å². The zero-order chi connectivity index (χ0) is 21.1. The van der Waals surface area contributed by atoms with E-state index in [0.29, 0.717) is 5.69 Å². The molecule has 0 bridgehead atoms. The Balaban J connectivity index is 1.56. The van der Waals surface area contributed by atoms with E-state index in [1.54, 1.807) is 37.5 Å². The molecule has 3 aromatic rings. The van der Waals surface area contributed by atoms with E-state index < -0.39 is 17.1 Å². The molecule has 4 rings (SSSR count). The zero-order valence-electron chi connectivity index (χ0n) is 16.1. The number of anilines is 1. The van der Waals surface area contributed by atoms with Crippen LogP contribution in [0.1, 0.15) is 5.56 Å². The highest BCUT2D eigenvalue weighted by molar-refractivity contribution is 8.18. The Hall–Kier alpha value is -3.58. The molecule has 0 saturated carbocycles. The SMILES string of the molecule is COc1ccc(/C=C2\SC(=O)N(CC(=O)Nc3ccccc3)C2=O)c2ccccc12. The summed E-state index contributed by atoms with van der Waals surface area (Å²) in [7, 11) is 1.60. The standard InChI is InChI=1S/C23H18N2O4S/c1-29-19-12-11-15(17-9-5-6-10-18(17)19)13-20-22(27)25(23(28)30-20)14-21(26)24-16-7-3-2-4-8-16/h2-13H,14H2,1H3,(H,24,26)/b20-13-. The third-order valence-electron chi connectivity index (χ3n) is 4.66. The summed E-state index contributed by atoms with van der Waals surface area (Å²) in [6.07, 6.45) is 1.68. The Morgan fingerprint density at radius 2 is 1.70 bits per heavy atom. The summed E-state index contributed by atoms with van der Waals surface area (Å²) < 4.78 is 5.40. The van der Waals surface area contributed by atoms with E-state index in [1.165, 1.54) is 0 Å². The molecule has 1 saturated heterocycles. The van der Waals surface area contributed by atoms with Crippen LogP contribution in [-0.4, -0.2) is 35.6 Å². The summed E-state index contributed by atoms with van der Waals surface area (Å²) >= 11 is 0.831. The number of thioether (sulfide) groups is 1. The van der Waals surface area contributed by atoms with Crippen LogP contribution < -0.4 is 10.1 Å². The van der Waals surface area contributed by atoms with Crippen LogP contribution >= 0.6 is 11.8 Å². The molecule has 3 aromatic carbocycles. The van der Waals surface area contributed by atoms with Crippen LogP contribution in [0.2, 0.25) is 0 Å². The van der Waals surface area contributed by atoms with Gasteiger partial charge in [0.25, 0.3) is 11.1 Å². The molecule has 0 radical (unpaired) electrons. The number of carbonyl (C=O) groups is 3. The Morgan fingerprint density at radius 3 is 2.43 bits per heavy atom. The van der Waals surface area contributed by atoms with Crippen LogP contribution in [0.4, 0.5) is 10.5 Å². The maximum absolute atomic E-state index is 12.8. The fourth-order valence-corrected chi connectivity index (χ4v) is 4.07. The minimum atomic E-state index is -0.479. The second kappa shape index (κ2) is 8.42. The first kappa shape index (κ1) is 19.7. The molecule has 30 heavy (non-hydrogen) atoms. The summed E-state index contributed by atoms with van der Waals surface area (Å²) in [4.78, 5) is 38.7. The smallest absolute Gasteiger partial charge is 0.294 e. The monoisotopic (exact) mass is 418 g/mol. The van der Waals surface area contributed by atoms with Crippen molar-refractivity contribution in [2.45, 2.75) is 0 Å². The largest absolute Gasteiger partial charge is 0.496 e. The van der Waals surface area contributed by atoms with Gasteiger partial charge in [-0.15, -0.1) is 0 Å². The van der Waals surface area contributed by atoms with E-state index >= 15 is 0 Å². The van der Waals surface area contributed by atoms with Gasteiger partial charge in [-0.1, -0.05) is 48.5 Å². The molecule has 6 nitrogen and oxygen atoms in total. The van der Waals surface area contributed by atoms with E-state index in [4.69, 9.17) is 4.74 Å². The molecule has 1 aliphatic rings. The molecular formula is C23H18N2O4S. The minimum Gasteiger partial charge on any atom is -0.496 e. The average Bonchev–Trinajstić information content (AvgIpc) is 3.02. The molecule has 1 N–H and O–H groups in total. The molecule has 0 atom stereocenters. The van der Waals surface area contributed by atoms with Crippen LogP contribution in [-0.2, 0) is 9.59 Å². The lowest BCUT2D eigenvalue weighted by molar-refractivity contribution is -0.127. The topological polar surface area (TPSA) is 75.7 Å². The van der Waals surface area contributed by atoms with Crippen molar-refractivity contribution in [3.63, 3.8) is 0 Å². The maximum atomic E-state index is 12.8. The number of carbonyl (C=O) groups excluding carboxylic acids is 3. The number of nitrogens with zero attached hydrogens (tertiary/aromatic N) is 1. The quantitative estimate of drug-likeness (QED) is 0.617. The molecular weight excluding hydrogens is 400 g/mol. The van der Waals surface area contributed by atoms with Gasteiger partial charge in [-0.05, 0) is 47.0 Å². The van der Waals surface area contributed by atoms with Crippen molar-refractivity contribution in [1.82, 2.24) is 4.90 Å². The Labute approximate surface area is 177 Å². The van der Waals surface area contributed by atoms with Crippen molar-refractivity contribution < 1.29 is 19.1 Å². The van der Waals surface area contributed by atoms with Crippen molar-refractivity contribution in [2.75, 3.05) is 19.0 Å². The molecule has 1 aliphatic heterocycles. The van der Waals surface area contributed by atoms with Gasteiger partial charge in [0.2, 0.25) is 5.91 Å². The predicted octanol–water partition coefficient (Wildman–Crippen LogP) is 4.52. The summed E-state index contributed by atoms with van der Waals surface area (Å²) in [5.74, 6) is -0.179. The number of hydrogen-bond donors (Lipinski definition) is 1.